The Balaban J connectivity index is 1.97. The molecule has 0 aliphatic heterocycles. The number of carbonyl (C=O) groups is 1. The van der Waals surface area contributed by atoms with Gasteiger partial charge in [-0.1, -0.05) is 6.07 Å². The fourth-order valence-corrected chi connectivity index (χ4v) is 2.59. The first-order valence-corrected chi connectivity index (χ1v) is 7.56. The lowest BCUT2D eigenvalue weighted by molar-refractivity contribution is 0.0791. The predicted octanol–water partition coefficient (Wildman–Crippen LogP) is 2.89. The molecule has 20 heavy (non-hydrogen) atoms. The predicted molar refractivity (Wildman–Crippen MR) is 83.4 cm³/mol. The van der Waals surface area contributed by atoms with Crippen LogP contribution in [0.15, 0.2) is 35.8 Å². The van der Waals surface area contributed by atoms with Crippen LogP contribution in [0.4, 0.5) is 5.69 Å². The molecule has 0 saturated heterocycles. The first-order valence-electron chi connectivity index (χ1n) is 6.68. The topological polar surface area (TPSA) is 45.2 Å². The first kappa shape index (κ1) is 14.5. The minimum Gasteiger partial charge on any atom is -0.385 e. The number of likely N-dealkylation sites (N-methyl/N-ethyl adjacent to an activating group) is 1. The number of amides is 1. The molecular formula is C15H19N3OS. The Morgan fingerprint density at radius 1 is 1.45 bits per heavy atom. The summed E-state index contributed by atoms with van der Waals surface area (Å²) in [5.74, 6) is -0.0405. The molecule has 106 valence electrons. The van der Waals surface area contributed by atoms with Crippen LogP contribution in [-0.2, 0) is 6.42 Å². The van der Waals surface area contributed by atoms with E-state index in [2.05, 4.69) is 21.7 Å². The van der Waals surface area contributed by atoms with E-state index in [9.17, 15) is 4.79 Å². The second-order valence-corrected chi connectivity index (χ2v) is 5.55. The molecule has 0 radical (unpaired) electrons. The molecule has 4 nitrogen and oxygen atoms in total. The molecule has 1 amide bonds. The van der Waals surface area contributed by atoms with Crippen molar-refractivity contribution in [2.24, 2.45) is 0 Å². The van der Waals surface area contributed by atoms with E-state index < -0.39 is 0 Å². The summed E-state index contributed by atoms with van der Waals surface area (Å²) < 4.78 is 0. The van der Waals surface area contributed by atoms with E-state index in [1.165, 1.54) is 4.88 Å². The zero-order chi connectivity index (χ0) is 14.4. The van der Waals surface area contributed by atoms with Crippen molar-refractivity contribution in [3.8, 4) is 0 Å². The zero-order valence-electron chi connectivity index (χ0n) is 11.8. The molecule has 0 aliphatic carbocycles. The van der Waals surface area contributed by atoms with E-state index in [-0.39, 0.29) is 5.91 Å². The standard InChI is InChI=1S/C15H19N3OS/c1-3-16-12-6-8-17-14(11-12)15(19)18(2)9-7-13-5-4-10-20-13/h4-6,8,10-11H,3,7,9H2,1-2H3,(H,16,17). The maximum absolute atomic E-state index is 12.3. The van der Waals surface area contributed by atoms with Gasteiger partial charge in [-0.2, -0.15) is 0 Å². The number of nitrogens with zero attached hydrogens (tertiary/aromatic N) is 2. The van der Waals surface area contributed by atoms with Crippen molar-refractivity contribution in [2.75, 3.05) is 25.5 Å². The van der Waals surface area contributed by atoms with Gasteiger partial charge in [-0.15, -0.1) is 11.3 Å². The molecular weight excluding hydrogens is 270 g/mol. The number of hydrogen-bond donors (Lipinski definition) is 1. The lowest BCUT2D eigenvalue weighted by Crippen LogP contribution is -2.29. The van der Waals surface area contributed by atoms with Gasteiger partial charge in [0.1, 0.15) is 5.69 Å². The second-order valence-electron chi connectivity index (χ2n) is 4.52. The number of thiophene rings is 1. The number of aromatic nitrogens is 1. The Morgan fingerprint density at radius 3 is 3.00 bits per heavy atom. The number of anilines is 1. The van der Waals surface area contributed by atoms with Crippen molar-refractivity contribution in [1.82, 2.24) is 9.88 Å². The van der Waals surface area contributed by atoms with Crippen LogP contribution in [0.5, 0.6) is 0 Å². The Morgan fingerprint density at radius 2 is 2.30 bits per heavy atom. The maximum atomic E-state index is 12.3. The Hall–Kier alpha value is -1.88. The van der Waals surface area contributed by atoms with E-state index in [1.54, 1.807) is 28.5 Å². The van der Waals surface area contributed by atoms with Gasteiger partial charge in [0.25, 0.3) is 5.91 Å². The summed E-state index contributed by atoms with van der Waals surface area (Å²) in [6, 6.07) is 7.79. The number of pyridine rings is 1. The molecule has 0 aromatic carbocycles. The Kier molecular flexibility index (Phi) is 5.12. The molecule has 2 rings (SSSR count). The van der Waals surface area contributed by atoms with Gasteiger partial charge in [-0.25, -0.2) is 0 Å². The lowest BCUT2D eigenvalue weighted by Gasteiger charge is -2.16. The zero-order valence-corrected chi connectivity index (χ0v) is 12.6. The molecule has 0 fully saturated rings. The van der Waals surface area contributed by atoms with Crippen molar-refractivity contribution in [3.63, 3.8) is 0 Å². The van der Waals surface area contributed by atoms with E-state index in [1.807, 2.05) is 26.1 Å². The molecule has 0 spiro atoms. The van der Waals surface area contributed by atoms with Crippen LogP contribution in [-0.4, -0.2) is 35.9 Å². The van der Waals surface area contributed by atoms with Crippen LogP contribution in [0.25, 0.3) is 0 Å². The lowest BCUT2D eigenvalue weighted by atomic mass is 10.2. The van der Waals surface area contributed by atoms with Gasteiger partial charge in [-0.3, -0.25) is 9.78 Å². The van der Waals surface area contributed by atoms with Crippen LogP contribution in [0.2, 0.25) is 0 Å². The Bertz CT molecular complexity index is 554. The molecule has 0 saturated carbocycles. The number of carbonyl (C=O) groups excluding carboxylic acids is 1. The van der Waals surface area contributed by atoms with Gasteiger partial charge in [0.05, 0.1) is 0 Å². The minimum absolute atomic E-state index is 0.0405. The first-order chi connectivity index (χ1) is 9.70. The molecule has 0 aliphatic rings. The van der Waals surface area contributed by atoms with Gasteiger partial charge >= 0.3 is 0 Å². The van der Waals surface area contributed by atoms with E-state index >= 15 is 0 Å². The van der Waals surface area contributed by atoms with Crippen LogP contribution >= 0.6 is 11.3 Å². The average Bonchev–Trinajstić information content (AvgIpc) is 2.98. The summed E-state index contributed by atoms with van der Waals surface area (Å²) in [4.78, 5) is 19.5. The van der Waals surface area contributed by atoms with Crippen molar-refractivity contribution in [3.05, 3.63) is 46.4 Å². The summed E-state index contributed by atoms with van der Waals surface area (Å²) in [6.45, 7) is 3.55. The van der Waals surface area contributed by atoms with E-state index in [4.69, 9.17) is 0 Å². The highest BCUT2D eigenvalue weighted by Crippen LogP contribution is 2.12. The molecule has 1 N–H and O–H groups in total. The molecule has 2 heterocycles. The van der Waals surface area contributed by atoms with Gasteiger partial charge in [0, 0.05) is 36.9 Å². The fourth-order valence-electron chi connectivity index (χ4n) is 1.89. The normalized spacial score (nSPS) is 10.3. The van der Waals surface area contributed by atoms with E-state index in [0.717, 1.165) is 18.7 Å². The highest BCUT2D eigenvalue weighted by molar-refractivity contribution is 7.09. The van der Waals surface area contributed by atoms with Crippen LogP contribution in [0.1, 0.15) is 22.3 Å². The summed E-state index contributed by atoms with van der Waals surface area (Å²) in [6.07, 6.45) is 2.55. The third kappa shape index (κ3) is 3.81. The fraction of sp³-hybridized carbons (Fsp3) is 0.333. The minimum atomic E-state index is -0.0405. The van der Waals surface area contributed by atoms with E-state index in [0.29, 0.717) is 12.2 Å². The smallest absolute Gasteiger partial charge is 0.272 e. The van der Waals surface area contributed by atoms with Gasteiger partial charge < -0.3 is 10.2 Å². The third-order valence-electron chi connectivity index (χ3n) is 2.98. The molecule has 0 bridgehead atoms. The molecule has 0 unspecified atom stereocenters. The third-order valence-corrected chi connectivity index (χ3v) is 3.92. The van der Waals surface area contributed by atoms with Gasteiger partial charge in [-0.05, 0) is 36.9 Å². The molecule has 2 aromatic heterocycles. The quantitative estimate of drug-likeness (QED) is 0.889. The Labute approximate surface area is 123 Å². The van der Waals surface area contributed by atoms with Crippen molar-refractivity contribution >= 4 is 22.9 Å². The summed E-state index contributed by atoms with van der Waals surface area (Å²) >= 11 is 1.72. The van der Waals surface area contributed by atoms with Gasteiger partial charge in [0.15, 0.2) is 0 Å². The molecule has 5 heteroatoms. The van der Waals surface area contributed by atoms with Crippen LogP contribution in [0, 0.1) is 0 Å². The van der Waals surface area contributed by atoms with Crippen LogP contribution in [0.3, 0.4) is 0 Å². The molecule has 0 atom stereocenters. The average molecular weight is 289 g/mol. The highest BCUT2D eigenvalue weighted by Gasteiger charge is 2.13. The summed E-state index contributed by atoms with van der Waals surface area (Å²) in [5, 5.41) is 5.24. The number of hydrogen-bond acceptors (Lipinski definition) is 4. The van der Waals surface area contributed by atoms with Gasteiger partial charge in [0.2, 0.25) is 0 Å². The highest BCUT2D eigenvalue weighted by atomic mass is 32.1. The monoisotopic (exact) mass is 289 g/mol. The number of rotatable bonds is 6. The largest absolute Gasteiger partial charge is 0.385 e. The summed E-state index contributed by atoms with van der Waals surface area (Å²) in [5.41, 5.74) is 1.41. The van der Waals surface area contributed by atoms with Crippen molar-refractivity contribution in [1.29, 1.82) is 0 Å². The summed E-state index contributed by atoms with van der Waals surface area (Å²) in [7, 11) is 1.82. The number of nitrogens with one attached hydrogen (secondary N) is 1. The van der Waals surface area contributed by atoms with Crippen molar-refractivity contribution in [2.45, 2.75) is 13.3 Å². The van der Waals surface area contributed by atoms with Crippen LogP contribution < -0.4 is 5.32 Å². The molecule has 2 aromatic rings. The maximum Gasteiger partial charge on any atom is 0.272 e. The van der Waals surface area contributed by atoms with Crippen molar-refractivity contribution < 1.29 is 4.79 Å². The second kappa shape index (κ2) is 7.05. The SMILES string of the molecule is CCNc1ccnc(C(=O)N(C)CCc2cccs2)c1.